The van der Waals surface area contributed by atoms with Gasteiger partial charge in [0.1, 0.15) is 0 Å². The van der Waals surface area contributed by atoms with Crippen molar-refractivity contribution in [2.45, 2.75) is 0 Å². The van der Waals surface area contributed by atoms with E-state index in [1.165, 1.54) is 0 Å². The molecule has 2 N–H and O–H groups in total. The van der Waals surface area contributed by atoms with Crippen molar-refractivity contribution in [3.8, 4) is 0 Å². The van der Waals surface area contributed by atoms with Gasteiger partial charge in [0.05, 0.1) is 0 Å². The summed E-state index contributed by atoms with van der Waals surface area (Å²) in [7, 11) is -1.42. The maximum Gasteiger partial charge on any atom is 0.264 e. The fraction of sp³-hybridized carbons (Fsp3) is 0. The molecule has 0 atom stereocenters. The van der Waals surface area contributed by atoms with Crippen LogP contribution < -0.4 is 0 Å². The minimum Gasteiger partial charge on any atom is -0.452 e. The molecule has 0 bridgehead atoms. The molecule has 0 heterocycles. The Morgan fingerprint density at radius 1 is 1.40 bits per heavy atom. The summed E-state index contributed by atoms with van der Waals surface area (Å²) < 4.78 is 0. The van der Waals surface area contributed by atoms with Gasteiger partial charge >= 0.3 is 0 Å². The molecule has 0 aliphatic carbocycles. The molecule has 0 aromatic carbocycles. The maximum atomic E-state index is 7.50. The zero-order valence-electron chi connectivity index (χ0n) is 2.76. The summed E-state index contributed by atoms with van der Waals surface area (Å²) in [5.74, 6) is 0. The molecule has 2 nitrogen and oxygen atoms in total. The van der Waals surface area contributed by atoms with E-state index in [9.17, 15) is 0 Å². The SMILES string of the molecule is [CH2-]B(O)O.[Y]. The standard InChI is InChI=1S/CH4BO2.Y/c1-2(3)4;/h3-4H,1H2;/q-1;. The van der Waals surface area contributed by atoms with Crippen LogP contribution in [0.5, 0.6) is 0 Å². The van der Waals surface area contributed by atoms with Gasteiger partial charge in [-0.25, -0.2) is 0 Å². The van der Waals surface area contributed by atoms with E-state index in [1.54, 1.807) is 0 Å². The number of rotatable bonds is 0. The van der Waals surface area contributed by atoms with Crippen molar-refractivity contribution < 1.29 is 42.8 Å². The second-order valence-corrected chi connectivity index (χ2v) is 0.481. The van der Waals surface area contributed by atoms with Crippen molar-refractivity contribution in [1.82, 2.24) is 0 Å². The first-order valence-electron chi connectivity index (χ1n) is 0.925. The van der Waals surface area contributed by atoms with Gasteiger partial charge in [0, 0.05) is 32.7 Å². The molecule has 0 fully saturated rings. The topological polar surface area (TPSA) is 40.5 Å². The normalized spacial score (nSPS) is 5.40. The summed E-state index contributed by atoms with van der Waals surface area (Å²) in [6, 6.07) is 0. The monoisotopic (exact) mass is 148 g/mol. The average molecular weight is 148 g/mol. The molecule has 0 saturated carbocycles. The quantitative estimate of drug-likeness (QED) is 0.335. The van der Waals surface area contributed by atoms with Gasteiger partial charge in [0.15, 0.2) is 0 Å². The van der Waals surface area contributed by atoms with Gasteiger partial charge in [-0.2, -0.15) is 0 Å². The van der Waals surface area contributed by atoms with E-state index in [1.807, 2.05) is 0 Å². The summed E-state index contributed by atoms with van der Waals surface area (Å²) in [6.07, 6.45) is 0. The molecule has 0 rings (SSSR count). The average Bonchev–Trinajstić information content (AvgIpc) is 0.811. The van der Waals surface area contributed by atoms with E-state index in [-0.39, 0.29) is 32.7 Å². The third-order valence-electron chi connectivity index (χ3n) is 0. The molecule has 0 unspecified atom stereocenters. The molecule has 1 radical (unpaired) electrons. The second-order valence-electron chi connectivity index (χ2n) is 0.481. The van der Waals surface area contributed by atoms with Crippen LogP contribution in [0.15, 0.2) is 0 Å². The fourth-order valence-corrected chi connectivity index (χ4v) is 0. The van der Waals surface area contributed by atoms with Crippen molar-refractivity contribution in [1.29, 1.82) is 0 Å². The second kappa shape index (κ2) is 5.09. The fourth-order valence-electron chi connectivity index (χ4n) is 0. The predicted octanol–water partition coefficient (Wildman–Crippen LogP) is -1.17. The van der Waals surface area contributed by atoms with Crippen LogP contribution in [0.1, 0.15) is 0 Å². The smallest absolute Gasteiger partial charge is 0.264 e. The van der Waals surface area contributed by atoms with Crippen molar-refractivity contribution in [3.05, 3.63) is 6.82 Å². The Labute approximate surface area is 56.6 Å². The molecule has 0 aromatic rings. The summed E-state index contributed by atoms with van der Waals surface area (Å²) in [6.45, 7) is 2.75. The molecule has 27 valence electrons. The third-order valence-corrected chi connectivity index (χ3v) is 0. The first-order chi connectivity index (χ1) is 1.73. The van der Waals surface area contributed by atoms with Crippen molar-refractivity contribution >= 4 is 7.12 Å². The van der Waals surface area contributed by atoms with Crippen LogP contribution in [0.4, 0.5) is 0 Å². The number of hydrogen-bond donors (Lipinski definition) is 2. The summed E-state index contributed by atoms with van der Waals surface area (Å²) in [5, 5.41) is 15.0. The van der Waals surface area contributed by atoms with Gasteiger partial charge in [-0.15, -0.1) is 0 Å². The van der Waals surface area contributed by atoms with Crippen molar-refractivity contribution in [3.63, 3.8) is 0 Å². The van der Waals surface area contributed by atoms with Gasteiger partial charge in [-0.05, 0) is 0 Å². The third kappa shape index (κ3) is 41.0. The van der Waals surface area contributed by atoms with Gasteiger partial charge < -0.3 is 16.9 Å². The van der Waals surface area contributed by atoms with E-state index < -0.39 is 7.12 Å². The van der Waals surface area contributed by atoms with Crippen LogP contribution >= 0.6 is 0 Å². The first kappa shape index (κ1) is 9.43. The Kier molecular flexibility index (Phi) is 9.60. The molecule has 0 spiro atoms. The Balaban J connectivity index is 0. The molecule has 4 heteroatoms. The Morgan fingerprint density at radius 2 is 1.40 bits per heavy atom. The van der Waals surface area contributed by atoms with Crippen LogP contribution in [-0.4, -0.2) is 17.2 Å². The van der Waals surface area contributed by atoms with Crippen LogP contribution in [0.25, 0.3) is 0 Å². The zero-order valence-corrected chi connectivity index (χ0v) is 5.59. The van der Waals surface area contributed by atoms with Crippen molar-refractivity contribution in [2.75, 3.05) is 0 Å². The van der Waals surface area contributed by atoms with Gasteiger partial charge in [-0.1, -0.05) is 0 Å². The summed E-state index contributed by atoms with van der Waals surface area (Å²) in [4.78, 5) is 0. The van der Waals surface area contributed by atoms with Crippen LogP contribution in [-0.2, 0) is 32.7 Å². The Bertz CT molecular complexity index is 14.4. The molecular formula is CH4BO2Y-. The number of hydrogen-bond acceptors (Lipinski definition) is 2. The molecule has 0 aliphatic heterocycles. The molecule has 0 aromatic heterocycles. The zero-order chi connectivity index (χ0) is 3.58. The van der Waals surface area contributed by atoms with Crippen LogP contribution in [0.2, 0.25) is 0 Å². The van der Waals surface area contributed by atoms with E-state index in [0.717, 1.165) is 0 Å². The molecule has 0 aliphatic rings. The predicted molar refractivity (Wildman–Crippen MR) is 15.5 cm³/mol. The van der Waals surface area contributed by atoms with Crippen molar-refractivity contribution in [2.24, 2.45) is 0 Å². The van der Waals surface area contributed by atoms with Crippen LogP contribution in [0.3, 0.4) is 0 Å². The van der Waals surface area contributed by atoms with E-state index >= 15 is 0 Å². The minimum absolute atomic E-state index is 0. The van der Waals surface area contributed by atoms with Crippen LogP contribution in [0, 0.1) is 6.82 Å². The van der Waals surface area contributed by atoms with E-state index in [4.69, 9.17) is 10.0 Å². The maximum absolute atomic E-state index is 7.50. The molecule has 0 amide bonds. The summed E-state index contributed by atoms with van der Waals surface area (Å²) in [5.41, 5.74) is 0. The Hall–Kier alpha value is 1.09. The van der Waals surface area contributed by atoms with E-state index in [0.29, 0.717) is 0 Å². The van der Waals surface area contributed by atoms with Gasteiger partial charge in [-0.3, -0.25) is 0 Å². The minimum atomic E-state index is -1.42. The van der Waals surface area contributed by atoms with E-state index in [2.05, 4.69) is 6.82 Å². The molecular weight excluding hydrogens is 144 g/mol. The Morgan fingerprint density at radius 3 is 1.40 bits per heavy atom. The summed E-state index contributed by atoms with van der Waals surface area (Å²) >= 11 is 0. The first-order valence-corrected chi connectivity index (χ1v) is 0.925. The van der Waals surface area contributed by atoms with Gasteiger partial charge in [0.2, 0.25) is 0 Å². The largest absolute Gasteiger partial charge is 0.452 e. The molecule has 0 saturated heterocycles. The van der Waals surface area contributed by atoms with Gasteiger partial charge in [0.25, 0.3) is 7.12 Å². The molecule has 5 heavy (non-hydrogen) atoms.